The standard InChI is InChI=1S/C18H15Cl2NO5/c1-10(17(22)21-13-7-11(19)6-12(20)8-13)25-18(23)16-9-24-14-4-2-3-5-15(14)26-16/h2-8,10,16H,9H2,1H3,(H,21,22)/t10-,16+/m0/s1. The molecule has 0 saturated heterocycles. The van der Waals surface area contributed by atoms with Crippen LogP contribution < -0.4 is 14.8 Å². The first kappa shape index (κ1) is 18.4. The van der Waals surface area contributed by atoms with Crippen molar-refractivity contribution in [1.82, 2.24) is 0 Å². The number of hydrogen-bond donors (Lipinski definition) is 1. The Morgan fingerprint density at radius 2 is 1.81 bits per heavy atom. The van der Waals surface area contributed by atoms with Crippen LogP contribution in [0, 0.1) is 0 Å². The van der Waals surface area contributed by atoms with Gasteiger partial charge in [0.05, 0.1) is 0 Å². The van der Waals surface area contributed by atoms with Crippen LogP contribution in [0.15, 0.2) is 42.5 Å². The molecule has 136 valence electrons. The number of fused-ring (bicyclic) bond motifs is 1. The van der Waals surface area contributed by atoms with Gasteiger partial charge in [-0.05, 0) is 37.3 Å². The number of anilines is 1. The molecule has 0 aliphatic carbocycles. The number of hydrogen-bond acceptors (Lipinski definition) is 5. The lowest BCUT2D eigenvalue weighted by Gasteiger charge is -2.25. The van der Waals surface area contributed by atoms with Crippen LogP contribution in [0.25, 0.3) is 0 Å². The molecule has 26 heavy (non-hydrogen) atoms. The number of nitrogens with one attached hydrogen (secondary N) is 1. The fourth-order valence-corrected chi connectivity index (χ4v) is 2.84. The molecule has 1 aliphatic rings. The second-order valence-corrected chi connectivity index (χ2v) is 6.46. The summed E-state index contributed by atoms with van der Waals surface area (Å²) in [6.45, 7) is 1.46. The van der Waals surface area contributed by atoms with E-state index in [0.717, 1.165) is 0 Å². The Hall–Kier alpha value is -2.44. The summed E-state index contributed by atoms with van der Waals surface area (Å²) in [6, 6.07) is 11.6. The highest BCUT2D eigenvalue weighted by Crippen LogP contribution is 2.31. The molecular formula is C18H15Cl2NO5. The quantitative estimate of drug-likeness (QED) is 0.798. The second kappa shape index (κ2) is 7.85. The smallest absolute Gasteiger partial charge is 0.351 e. The molecular weight excluding hydrogens is 381 g/mol. The number of rotatable bonds is 4. The zero-order chi connectivity index (χ0) is 18.7. The van der Waals surface area contributed by atoms with Crippen molar-refractivity contribution >= 4 is 40.8 Å². The number of amides is 1. The van der Waals surface area contributed by atoms with Gasteiger partial charge in [0.1, 0.15) is 6.61 Å². The summed E-state index contributed by atoms with van der Waals surface area (Å²) in [5.74, 6) is -0.202. The Morgan fingerprint density at radius 1 is 1.15 bits per heavy atom. The SMILES string of the molecule is C[C@H](OC(=O)[C@H]1COc2ccccc2O1)C(=O)Nc1cc(Cl)cc(Cl)c1. The summed E-state index contributed by atoms with van der Waals surface area (Å²) in [5.41, 5.74) is 0.404. The molecule has 0 aromatic heterocycles. The first-order valence-corrected chi connectivity index (χ1v) is 8.54. The van der Waals surface area contributed by atoms with Crippen molar-refractivity contribution in [3.05, 3.63) is 52.5 Å². The highest BCUT2D eigenvalue weighted by molar-refractivity contribution is 6.35. The molecule has 8 heteroatoms. The van der Waals surface area contributed by atoms with Crippen LogP contribution in [0.2, 0.25) is 10.0 Å². The summed E-state index contributed by atoms with van der Waals surface area (Å²) < 4.78 is 16.2. The predicted molar refractivity (Wildman–Crippen MR) is 97.0 cm³/mol. The maximum absolute atomic E-state index is 12.2. The normalized spacial score (nSPS) is 16.5. The molecule has 0 unspecified atom stereocenters. The van der Waals surface area contributed by atoms with Crippen LogP contribution in [0.4, 0.5) is 5.69 Å². The van der Waals surface area contributed by atoms with Crippen molar-refractivity contribution in [3.8, 4) is 11.5 Å². The number of ether oxygens (including phenoxy) is 3. The van der Waals surface area contributed by atoms with Crippen molar-refractivity contribution in [2.24, 2.45) is 0 Å². The molecule has 3 rings (SSSR count). The van der Waals surface area contributed by atoms with Gasteiger partial charge in [0.15, 0.2) is 17.6 Å². The van der Waals surface area contributed by atoms with E-state index in [1.807, 2.05) is 0 Å². The average Bonchev–Trinajstić information content (AvgIpc) is 2.60. The third-order valence-electron chi connectivity index (χ3n) is 3.56. The molecule has 0 bridgehead atoms. The molecule has 1 aliphatic heterocycles. The summed E-state index contributed by atoms with van der Waals surface area (Å²) in [4.78, 5) is 24.4. The number of carbonyl (C=O) groups is 2. The van der Waals surface area contributed by atoms with E-state index < -0.39 is 24.1 Å². The predicted octanol–water partition coefficient (Wildman–Crippen LogP) is 3.70. The van der Waals surface area contributed by atoms with Crippen LogP contribution in [-0.2, 0) is 14.3 Å². The van der Waals surface area contributed by atoms with Crippen LogP contribution >= 0.6 is 23.2 Å². The van der Waals surface area contributed by atoms with E-state index in [1.54, 1.807) is 30.3 Å². The molecule has 2 aromatic carbocycles. The molecule has 1 heterocycles. The fourth-order valence-electron chi connectivity index (χ4n) is 2.31. The zero-order valence-electron chi connectivity index (χ0n) is 13.7. The van der Waals surface area contributed by atoms with Gasteiger partial charge in [0.25, 0.3) is 5.91 Å². The van der Waals surface area contributed by atoms with E-state index in [-0.39, 0.29) is 6.61 Å². The third-order valence-corrected chi connectivity index (χ3v) is 4.00. The molecule has 1 amide bonds. The van der Waals surface area contributed by atoms with Gasteiger partial charge in [-0.25, -0.2) is 4.79 Å². The summed E-state index contributed by atoms with van der Waals surface area (Å²) in [5, 5.41) is 3.35. The lowest BCUT2D eigenvalue weighted by atomic mass is 10.2. The highest BCUT2D eigenvalue weighted by Gasteiger charge is 2.31. The lowest BCUT2D eigenvalue weighted by Crippen LogP contribution is -2.41. The first-order chi connectivity index (χ1) is 12.4. The minimum Gasteiger partial charge on any atom is -0.485 e. The van der Waals surface area contributed by atoms with Crippen molar-refractivity contribution in [1.29, 1.82) is 0 Å². The van der Waals surface area contributed by atoms with Gasteiger partial charge in [0, 0.05) is 15.7 Å². The molecule has 0 radical (unpaired) electrons. The molecule has 6 nitrogen and oxygen atoms in total. The van der Waals surface area contributed by atoms with Crippen LogP contribution in [0.5, 0.6) is 11.5 Å². The van der Waals surface area contributed by atoms with E-state index in [0.29, 0.717) is 27.2 Å². The van der Waals surface area contributed by atoms with Crippen molar-refractivity contribution in [3.63, 3.8) is 0 Å². The molecule has 2 atom stereocenters. The van der Waals surface area contributed by atoms with Gasteiger partial charge in [-0.15, -0.1) is 0 Å². The summed E-state index contributed by atoms with van der Waals surface area (Å²) in [7, 11) is 0. The van der Waals surface area contributed by atoms with Crippen molar-refractivity contribution in [2.45, 2.75) is 19.1 Å². The maximum atomic E-state index is 12.2. The monoisotopic (exact) mass is 395 g/mol. The van der Waals surface area contributed by atoms with Crippen LogP contribution in [0.1, 0.15) is 6.92 Å². The topological polar surface area (TPSA) is 73.9 Å². The maximum Gasteiger partial charge on any atom is 0.351 e. The van der Waals surface area contributed by atoms with E-state index in [1.165, 1.54) is 19.1 Å². The second-order valence-electron chi connectivity index (χ2n) is 5.59. The van der Waals surface area contributed by atoms with Gasteiger partial charge in [-0.2, -0.15) is 0 Å². The summed E-state index contributed by atoms with van der Waals surface area (Å²) >= 11 is 11.8. The lowest BCUT2D eigenvalue weighted by molar-refractivity contribution is -0.162. The Labute approximate surface area is 159 Å². The molecule has 0 saturated carbocycles. The largest absolute Gasteiger partial charge is 0.485 e. The number of benzene rings is 2. The van der Waals surface area contributed by atoms with E-state index in [4.69, 9.17) is 37.4 Å². The highest BCUT2D eigenvalue weighted by atomic mass is 35.5. The van der Waals surface area contributed by atoms with Gasteiger partial charge < -0.3 is 19.5 Å². The van der Waals surface area contributed by atoms with E-state index in [2.05, 4.69) is 5.32 Å². The Kier molecular flexibility index (Phi) is 5.54. The first-order valence-electron chi connectivity index (χ1n) is 7.78. The Morgan fingerprint density at radius 3 is 2.50 bits per heavy atom. The fraction of sp³-hybridized carbons (Fsp3) is 0.222. The average molecular weight is 396 g/mol. The van der Waals surface area contributed by atoms with E-state index in [9.17, 15) is 9.59 Å². The molecule has 0 fully saturated rings. The molecule has 0 spiro atoms. The number of para-hydroxylation sites is 2. The van der Waals surface area contributed by atoms with Gasteiger partial charge in [-0.3, -0.25) is 4.79 Å². The van der Waals surface area contributed by atoms with Gasteiger partial charge in [-0.1, -0.05) is 35.3 Å². The van der Waals surface area contributed by atoms with Crippen LogP contribution in [0.3, 0.4) is 0 Å². The van der Waals surface area contributed by atoms with Crippen molar-refractivity contribution < 1.29 is 23.8 Å². The Bertz CT molecular complexity index is 822. The van der Waals surface area contributed by atoms with Crippen molar-refractivity contribution in [2.75, 3.05) is 11.9 Å². The van der Waals surface area contributed by atoms with Gasteiger partial charge >= 0.3 is 5.97 Å². The number of esters is 1. The molecule has 2 aromatic rings. The zero-order valence-corrected chi connectivity index (χ0v) is 15.2. The Balaban J connectivity index is 1.58. The summed E-state index contributed by atoms with van der Waals surface area (Å²) in [6.07, 6.45) is -1.98. The minimum absolute atomic E-state index is 0.00802. The number of carbonyl (C=O) groups excluding carboxylic acids is 2. The molecule has 1 N–H and O–H groups in total. The minimum atomic E-state index is -1.04. The van der Waals surface area contributed by atoms with Crippen LogP contribution in [-0.4, -0.2) is 30.7 Å². The van der Waals surface area contributed by atoms with E-state index >= 15 is 0 Å². The number of halogens is 2. The third kappa shape index (κ3) is 4.39. The van der Waals surface area contributed by atoms with Gasteiger partial charge in [0.2, 0.25) is 6.10 Å².